The van der Waals surface area contributed by atoms with Crippen molar-refractivity contribution >= 4 is 17.2 Å². The summed E-state index contributed by atoms with van der Waals surface area (Å²) in [7, 11) is 0. The molecular weight excluding hydrogens is 136 g/mol. The topological polar surface area (TPSA) is 28.7 Å². The molecule has 0 atom stereocenters. The third-order valence-electron chi connectivity index (χ3n) is 0.984. The molecule has 0 amide bonds. The first-order chi connectivity index (χ1) is 4.20. The van der Waals surface area contributed by atoms with E-state index in [1.54, 1.807) is 6.07 Å². The highest BCUT2D eigenvalue weighted by molar-refractivity contribution is 6.29. The Kier molecular flexibility index (Phi) is 1.58. The minimum absolute atomic E-state index is 0.549. The number of nitrogens with zero attached hydrogens (tertiary/aromatic N) is 1. The summed E-state index contributed by atoms with van der Waals surface area (Å²) in [5, 5.41) is 7.01. The summed E-state index contributed by atoms with van der Waals surface area (Å²) in [6.45, 7) is 5.58. The molecule has 0 aromatic carbocycles. The van der Waals surface area contributed by atoms with Crippen LogP contribution in [0, 0.1) is 0 Å². The summed E-state index contributed by atoms with van der Waals surface area (Å²) >= 11 is 5.55. The van der Waals surface area contributed by atoms with Gasteiger partial charge >= 0.3 is 0 Å². The fraction of sp³-hybridized carbons (Fsp3) is 0.167. The molecule has 9 heavy (non-hydrogen) atoms. The Balaban J connectivity index is 2.98. The number of nitrogens with one attached hydrogen (secondary N) is 1. The molecule has 1 rings (SSSR count). The van der Waals surface area contributed by atoms with Gasteiger partial charge in [0.25, 0.3) is 0 Å². The summed E-state index contributed by atoms with van der Waals surface area (Å²) in [5.41, 5.74) is 1.73. The first-order valence-corrected chi connectivity index (χ1v) is 2.95. The van der Waals surface area contributed by atoms with E-state index in [9.17, 15) is 0 Å². The Labute approximate surface area is 58.5 Å². The average molecular weight is 143 g/mol. The Morgan fingerprint density at radius 2 is 2.56 bits per heavy atom. The van der Waals surface area contributed by atoms with Gasteiger partial charge in [-0.1, -0.05) is 18.2 Å². The third kappa shape index (κ3) is 1.33. The molecule has 0 aliphatic rings. The van der Waals surface area contributed by atoms with Crippen LogP contribution in [-0.4, -0.2) is 10.2 Å². The number of hydrogen-bond acceptors (Lipinski definition) is 1. The van der Waals surface area contributed by atoms with Gasteiger partial charge in [0, 0.05) is 6.07 Å². The third-order valence-corrected chi connectivity index (χ3v) is 1.18. The first kappa shape index (κ1) is 6.36. The van der Waals surface area contributed by atoms with Gasteiger partial charge in [0.05, 0.1) is 5.69 Å². The van der Waals surface area contributed by atoms with Gasteiger partial charge in [-0.05, 0) is 12.5 Å². The van der Waals surface area contributed by atoms with Crippen molar-refractivity contribution in [2.24, 2.45) is 0 Å². The van der Waals surface area contributed by atoms with Crippen LogP contribution >= 0.6 is 11.6 Å². The molecule has 0 unspecified atom stereocenters. The van der Waals surface area contributed by atoms with E-state index in [4.69, 9.17) is 11.6 Å². The lowest BCUT2D eigenvalue weighted by Gasteiger charge is -1.84. The Morgan fingerprint density at radius 1 is 1.89 bits per heavy atom. The van der Waals surface area contributed by atoms with Crippen LogP contribution in [0.25, 0.3) is 5.57 Å². The predicted molar refractivity (Wildman–Crippen MR) is 38.3 cm³/mol. The second kappa shape index (κ2) is 2.23. The van der Waals surface area contributed by atoms with E-state index in [0.717, 1.165) is 11.3 Å². The molecule has 1 heterocycles. The van der Waals surface area contributed by atoms with Gasteiger partial charge in [-0.3, -0.25) is 5.10 Å². The highest BCUT2D eigenvalue weighted by atomic mass is 35.5. The molecule has 2 nitrogen and oxygen atoms in total. The van der Waals surface area contributed by atoms with Gasteiger partial charge < -0.3 is 0 Å². The summed E-state index contributed by atoms with van der Waals surface area (Å²) in [6.07, 6.45) is 0. The number of hydrogen-bond donors (Lipinski definition) is 1. The molecule has 48 valence electrons. The molecule has 0 saturated carbocycles. The molecular formula is C6H7ClN2. The lowest BCUT2D eigenvalue weighted by Crippen LogP contribution is -1.74. The second-order valence-electron chi connectivity index (χ2n) is 1.88. The van der Waals surface area contributed by atoms with Crippen LogP contribution < -0.4 is 0 Å². The minimum Gasteiger partial charge on any atom is -0.267 e. The lowest BCUT2D eigenvalue weighted by molar-refractivity contribution is 1.07. The quantitative estimate of drug-likeness (QED) is 0.639. The van der Waals surface area contributed by atoms with Gasteiger partial charge in [0.1, 0.15) is 5.15 Å². The van der Waals surface area contributed by atoms with Crippen molar-refractivity contribution in [1.82, 2.24) is 10.2 Å². The Hall–Kier alpha value is -0.760. The molecule has 0 bridgehead atoms. The molecule has 0 fully saturated rings. The monoisotopic (exact) mass is 142 g/mol. The minimum atomic E-state index is 0.549. The molecule has 0 saturated heterocycles. The molecule has 1 aromatic heterocycles. The van der Waals surface area contributed by atoms with Gasteiger partial charge in [-0.15, -0.1) is 0 Å². The van der Waals surface area contributed by atoms with Crippen LogP contribution in [0.1, 0.15) is 12.6 Å². The number of allylic oxidation sites excluding steroid dienone is 1. The van der Waals surface area contributed by atoms with Crippen LogP contribution in [0.15, 0.2) is 12.6 Å². The Morgan fingerprint density at radius 3 is 2.78 bits per heavy atom. The van der Waals surface area contributed by atoms with E-state index < -0.39 is 0 Å². The Bertz CT molecular complexity index is 227. The van der Waals surface area contributed by atoms with Crippen LogP contribution in [0.4, 0.5) is 0 Å². The molecule has 1 aromatic rings. The van der Waals surface area contributed by atoms with Crippen LogP contribution in [0.5, 0.6) is 0 Å². The number of halogens is 1. The van der Waals surface area contributed by atoms with Crippen molar-refractivity contribution in [2.45, 2.75) is 6.92 Å². The van der Waals surface area contributed by atoms with Crippen molar-refractivity contribution in [3.8, 4) is 0 Å². The van der Waals surface area contributed by atoms with Gasteiger partial charge in [-0.2, -0.15) is 5.10 Å². The smallest absolute Gasteiger partial charge is 0.124 e. The van der Waals surface area contributed by atoms with Crippen molar-refractivity contribution in [1.29, 1.82) is 0 Å². The van der Waals surface area contributed by atoms with Crippen LogP contribution in [-0.2, 0) is 0 Å². The molecule has 3 heteroatoms. The van der Waals surface area contributed by atoms with Crippen molar-refractivity contribution in [3.05, 3.63) is 23.5 Å². The number of aromatic amines is 1. The standard InChI is InChI=1S/C6H7ClN2/c1-4(2)5-3-6(7)9-8-5/h3H,1H2,2H3,(H,8,9). The zero-order valence-electron chi connectivity index (χ0n) is 5.11. The van der Waals surface area contributed by atoms with E-state index in [1.165, 1.54) is 0 Å². The molecule has 1 N–H and O–H groups in total. The summed E-state index contributed by atoms with van der Waals surface area (Å²) in [5.74, 6) is 0. The molecule has 0 aliphatic carbocycles. The van der Waals surface area contributed by atoms with E-state index in [2.05, 4.69) is 16.8 Å². The maximum Gasteiger partial charge on any atom is 0.124 e. The average Bonchev–Trinajstić information content (AvgIpc) is 2.14. The fourth-order valence-corrected chi connectivity index (χ4v) is 0.662. The largest absolute Gasteiger partial charge is 0.267 e. The maximum absolute atomic E-state index is 5.55. The van der Waals surface area contributed by atoms with Gasteiger partial charge in [0.2, 0.25) is 0 Å². The number of H-pyrrole nitrogens is 1. The highest BCUT2D eigenvalue weighted by Gasteiger charge is 1.96. The zero-order chi connectivity index (χ0) is 6.85. The van der Waals surface area contributed by atoms with Crippen LogP contribution in [0.3, 0.4) is 0 Å². The molecule has 0 radical (unpaired) electrons. The fourth-order valence-electron chi connectivity index (χ4n) is 0.517. The summed E-state index contributed by atoms with van der Waals surface area (Å²) < 4.78 is 0. The van der Waals surface area contributed by atoms with E-state index >= 15 is 0 Å². The van der Waals surface area contributed by atoms with E-state index in [0.29, 0.717) is 5.15 Å². The van der Waals surface area contributed by atoms with Crippen LogP contribution in [0.2, 0.25) is 5.15 Å². The van der Waals surface area contributed by atoms with Crippen molar-refractivity contribution in [2.75, 3.05) is 0 Å². The second-order valence-corrected chi connectivity index (χ2v) is 2.29. The highest BCUT2D eigenvalue weighted by Crippen LogP contribution is 2.11. The molecule has 0 spiro atoms. The maximum atomic E-state index is 5.55. The SMILES string of the molecule is C=C(C)c1cc(Cl)[nH]n1. The number of aromatic nitrogens is 2. The van der Waals surface area contributed by atoms with Crippen molar-refractivity contribution < 1.29 is 0 Å². The lowest BCUT2D eigenvalue weighted by atomic mass is 10.3. The van der Waals surface area contributed by atoms with E-state index in [1.807, 2.05) is 6.92 Å². The normalized spacial score (nSPS) is 9.56. The van der Waals surface area contributed by atoms with Gasteiger partial charge in [0.15, 0.2) is 0 Å². The predicted octanol–water partition coefficient (Wildman–Crippen LogP) is 2.10. The van der Waals surface area contributed by atoms with E-state index in [-0.39, 0.29) is 0 Å². The summed E-state index contributed by atoms with van der Waals surface area (Å²) in [6, 6.07) is 1.74. The summed E-state index contributed by atoms with van der Waals surface area (Å²) in [4.78, 5) is 0. The molecule has 0 aliphatic heterocycles. The van der Waals surface area contributed by atoms with Gasteiger partial charge in [-0.25, -0.2) is 0 Å². The van der Waals surface area contributed by atoms with Crippen molar-refractivity contribution in [3.63, 3.8) is 0 Å². The zero-order valence-corrected chi connectivity index (χ0v) is 5.87. The number of rotatable bonds is 1. The first-order valence-electron chi connectivity index (χ1n) is 2.57.